The maximum atomic E-state index is 14.1. The molecule has 4 aromatic carbocycles. The van der Waals surface area contributed by atoms with Crippen molar-refractivity contribution < 1.29 is 28.9 Å². The molecule has 1 heterocycles. The van der Waals surface area contributed by atoms with Gasteiger partial charge in [0.1, 0.15) is 29.4 Å². The molecule has 40 heavy (non-hydrogen) atoms. The second-order valence-corrected chi connectivity index (χ2v) is 9.87. The van der Waals surface area contributed by atoms with E-state index in [1.807, 2.05) is 42.5 Å². The molecule has 1 aliphatic heterocycles. The van der Waals surface area contributed by atoms with Gasteiger partial charge in [-0.1, -0.05) is 30.7 Å². The van der Waals surface area contributed by atoms with Gasteiger partial charge in [-0.05, 0) is 90.8 Å². The summed E-state index contributed by atoms with van der Waals surface area (Å²) in [6.45, 7) is 3.73. The number of likely N-dealkylation sites (tertiary alicyclic amines) is 1. The van der Waals surface area contributed by atoms with Crippen LogP contribution >= 0.6 is 0 Å². The molecule has 0 bridgehead atoms. The van der Waals surface area contributed by atoms with Gasteiger partial charge in [-0.25, -0.2) is 4.79 Å². The minimum Gasteiger partial charge on any atom is -0.497 e. The maximum Gasteiger partial charge on any atom is 0.339 e. The third-order valence-corrected chi connectivity index (χ3v) is 7.44. The zero-order chi connectivity index (χ0) is 28.1. The molecule has 4 aromatic rings. The van der Waals surface area contributed by atoms with Crippen molar-refractivity contribution in [3.05, 3.63) is 89.5 Å². The summed E-state index contributed by atoms with van der Waals surface area (Å²) in [4.78, 5) is 28.5. The van der Waals surface area contributed by atoms with Crippen LogP contribution in [0, 0.1) is 0 Å². The van der Waals surface area contributed by atoms with Crippen LogP contribution in [0.2, 0.25) is 0 Å². The lowest BCUT2D eigenvalue weighted by Crippen LogP contribution is -2.33. The van der Waals surface area contributed by atoms with Gasteiger partial charge in [-0.3, -0.25) is 9.69 Å². The van der Waals surface area contributed by atoms with Gasteiger partial charge in [0.05, 0.1) is 14.2 Å². The number of hydrogen-bond donors (Lipinski definition) is 1. The van der Waals surface area contributed by atoms with Crippen LogP contribution in [-0.4, -0.2) is 62.2 Å². The molecule has 0 saturated carbocycles. The van der Waals surface area contributed by atoms with Crippen molar-refractivity contribution in [2.75, 3.05) is 40.5 Å². The summed E-state index contributed by atoms with van der Waals surface area (Å²) >= 11 is 0. The van der Waals surface area contributed by atoms with Crippen LogP contribution in [-0.2, 0) is 0 Å². The number of benzene rings is 4. The number of carboxylic acids is 1. The van der Waals surface area contributed by atoms with Gasteiger partial charge >= 0.3 is 5.97 Å². The van der Waals surface area contributed by atoms with Crippen LogP contribution in [0.1, 0.15) is 45.5 Å². The van der Waals surface area contributed by atoms with Gasteiger partial charge < -0.3 is 19.3 Å². The first-order chi connectivity index (χ1) is 19.5. The lowest BCUT2D eigenvalue weighted by Gasteiger charge is -2.26. The van der Waals surface area contributed by atoms with Crippen molar-refractivity contribution >= 4 is 22.5 Å². The molecule has 206 valence electrons. The quantitative estimate of drug-likeness (QED) is 0.236. The Morgan fingerprint density at radius 1 is 0.825 bits per heavy atom. The third kappa shape index (κ3) is 5.65. The molecule has 0 atom stereocenters. The standard InChI is InChI=1S/C33H33NO6/c1-38-25-14-16-26-23(21-25)11-15-27(28-7-6-8-29(33(36)37)32(28)39-2)30(26)31(35)22-9-12-24(13-10-22)40-20-19-34-17-4-3-5-18-34/h6-16,21H,3-5,17-20H2,1-2H3,(H,36,37). The van der Waals surface area contributed by atoms with Crippen molar-refractivity contribution in [3.8, 4) is 28.4 Å². The van der Waals surface area contributed by atoms with E-state index in [0.717, 1.165) is 30.4 Å². The number of nitrogens with zero attached hydrogens (tertiary/aromatic N) is 1. The highest BCUT2D eigenvalue weighted by Crippen LogP contribution is 2.39. The number of fused-ring (bicyclic) bond motifs is 1. The molecule has 0 aromatic heterocycles. The lowest BCUT2D eigenvalue weighted by molar-refractivity contribution is 0.0693. The van der Waals surface area contributed by atoms with Crippen LogP contribution in [0.15, 0.2) is 72.8 Å². The smallest absolute Gasteiger partial charge is 0.339 e. The molecular weight excluding hydrogens is 506 g/mol. The Hall–Kier alpha value is -4.36. The van der Waals surface area contributed by atoms with Crippen molar-refractivity contribution in [1.29, 1.82) is 0 Å². The Balaban J connectivity index is 1.51. The second-order valence-electron chi connectivity index (χ2n) is 9.87. The van der Waals surface area contributed by atoms with Gasteiger partial charge in [0.2, 0.25) is 0 Å². The number of rotatable bonds is 10. The number of ether oxygens (including phenoxy) is 3. The summed E-state index contributed by atoms with van der Waals surface area (Å²) in [6.07, 6.45) is 3.79. The Labute approximate surface area is 233 Å². The number of ketones is 1. The zero-order valence-corrected chi connectivity index (χ0v) is 22.8. The number of carboxylic acid groups (broad SMARTS) is 1. The molecule has 5 rings (SSSR count). The summed E-state index contributed by atoms with van der Waals surface area (Å²) in [7, 11) is 3.03. The highest BCUT2D eigenvalue weighted by atomic mass is 16.5. The minimum atomic E-state index is -1.10. The average Bonchev–Trinajstić information content (AvgIpc) is 3.00. The number of hydrogen-bond acceptors (Lipinski definition) is 6. The predicted molar refractivity (Wildman–Crippen MR) is 155 cm³/mol. The number of piperidine rings is 1. The fraction of sp³-hybridized carbons (Fsp3) is 0.273. The van der Waals surface area contributed by atoms with Crippen molar-refractivity contribution in [2.24, 2.45) is 0 Å². The van der Waals surface area contributed by atoms with E-state index in [-0.39, 0.29) is 17.1 Å². The highest BCUT2D eigenvalue weighted by molar-refractivity contribution is 6.21. The fourth-order valence-corrected chi connectivity index (χ4v) is 5.36. The molecule has 1 aliphatic rings. The highest BCUT2D eigenvalue weighted by Gasteiger charge is 2.23. The Bertz CT molecular complexity index is 1520. The average molecular weight is 540 g/mol. The Morgan fingerprint density at radius 3 is 2.27 bits per heavy atom. The van der Waals surface area contributed by atoms with E-state index in [4.69, 9.17) is 14.2 Å². The number of aromatic carboxylic acids is 1. The number of carbonyl (C=O) groups excluding carboxylic acids is 1. The van der Waals surface area contributed by atoms with E-state index >= 15 is 0 Å². The number of methoxy groups -OCH3 is 2. The second kappa shape index (κ2) is 12.2. The first-order valence-electron chi connectivity index (χ1n) is 13.5. The van der Waals surface area contributed by atoms with Gasteiger partial charge in [0.25, 0.3) is 0 Å². The predicted octanol–water partition coefficient (Wildman–Crippen LogP) is 6.32. The van der Waals surface area contributed by atoms with Crippen LogP contribution in [0.25, 0.3) is 21.9 Å². The molecule has 1 fully saturated rings. The van der Waals surface area contributed by atoms with E-state index < -0.39 is 5.97 Å². The monoisotopic (exact) mass is 539 g/mol. The summed E-state index contributed by atoms with van der Waals surface area (Å²) in [5.74, 6) is 0.304. The minimum absolute atomic E-state index is 0.0271. The third-order valence-electron chi connectivity index (χ3n) is 7.44. The Morgan fingerprint density at radius 2 is 1.57 bits per heavy atom. The first kappa shape index (κ1) is 27.2. The summed E-state index contributed by atoms with van der Waals surface area (Å²) in [5.41, 5.74) is 2.10. The molecule has 0 aliphatic carbocycles. The molecule has 0 spiro atoms. The van der Waals surface area contributed by atoms with Crippen LogP contribution in [0.4, 0.5) is 0 Å². The molecule has 0 amide bonds. The molecule has 7 heteroatoms. The van der Waals surface area contributed by atoms with Gasteiger partial charge in [0.15, 0.2) is 5.78 Å². The van der Waals surface area contributed by atoms with Gasteiger partial charge in [-0.2, -0.15) is 0 Å². The van der Waals surface area contributed by atoms with E-state index in [1.54, 1.807) is 31.4 Å². The van der Waals surface area contributed by atoms with Gasteiger partial charge in [0, 0.05) is 23.2 Å². The summed E-state index contributed by atoms with van der Waals surface area (Å²) in [6, 6.07) is 21.4. The topological polar surface area (TPSA) is 85.3 Å². The van der Waals surface area contributed by atoms with E-state index in [9.17, 15) is 14.7 Å². The lowest BCUT2D eigenvalue weighted by atomic mass is 9.88. The van der Waals surface area contributed by atoms with Crippen molar-refractivity contribution in [2.45, 2.75) is 19.3 Å². The van der Waals surface area contributed by atoms with Crippen molar-refractivity contribution in [1.82, 2.24) is 4.90 Å². The van der Waals surface area contributed by atoms with Crippen molar-refractivity contribution in [3.63, 3.8) is 0 Å². The molecule has 1 saturated heterocycles. The zero-order valence-electron chi connectivity index (χ0n) is 22.8. The molecule has 0 radical (unpaired) electrons. The number of carbonyl (C=O) groups is 2. The summed E-state index contributed by atoms with van der Waals surface area (Å²) < 4.78 is 16.9. The van der Waals surface area contributed by atoms with Gasteiger partial charge in [-0.15, -0.1) is 0 Å². The largest absolute Gasteiger partial charge is 0.497 e. The van der Waals surface area contributed by atoms with Crippen LogP contribution in [0.3, 0.4) is 0 Å². The normalized spacial score (nSPS) is 13.7. The molecule has 7 nitrogen and oxygen atoms in total. The Kier molecular flexibility index (Phi) is 8.31. The molecule has 0 unspecified atom stereocenters. The summed E-state index contributed by atoms with van der Waals surface area (Å²) in [5, 5.41) is 11.3. The van der Waals surface area contributed by atoms with Crippen LogP contribution in [0.5, 0.6) is 17.2 Å². The first-order valence-corrected chi connectivity index (χ1v) is 13.5. The SMILES string of the molecule is COc1ccc2c(C(=O)c3ccc(OCCN4CCCCC4)cc3)c(-c3cccc(C(=O)O)c3OC)ccc2c1. The molecular formula is C33H33NO6. The fourth-order valence-electron chi connectivity index (χ4n) is 5.36. The van der Waals surface area contributed by atoms with E-state index in [0.29, 0.717) is 40.4 Å². The van der Waals surface area contributed by atoms with Crippen LogP contribution < -0.4 is 14.2 Å². The number of para-hydroxylation sites is 1. The maximum absolute atomic E-state index is 14.1. The van der Waals surface area contributed by atoms with E-state index in [1.165, 1.54) is 32.4 Å². The molecule has 1 N–H and O–H groups in total. The van der Waals surface area contributed by atoms with E-state index in [2.05, 4.69) is 4.90 Å².